The van der Waals surface area contributed by atoms with Crippen molar-refractivity contribution in [2.75, 3.05) is 12.4 Å². The molecule has 1 amide bonds. The van der Waals surface area contributed by atoms with Crippen LogP contribution in [0.25, 0.3) is 33.1 Å². The quantitative estimate of drug-likeness (QED) is 0.416. The lowest BCUT2D eigenvalue weighted by molar-refractivity contribution is 0.102. The summed E-state index contributed by atoms with van der Waals surface area (Å²) in [5.74, 6) is 0.566. The Morgan fingerprint density at radius 1 is 0.871 bits per heavy atom. The molecule has 0 aliphatic carbocycles. The van der Waals surface area contributed by atoms with E-state index in [4.69, 9.17) is 9.72 Å². The molecular formula is C26H19N3O2. The Morgan fingerprint density at radius 2 is 1.61 bits per heavy atom. The Hall–Kier alpha value is -4.25. The van der Waals surface area contributed by atoms with Gasteiger partial charge in [0.1, 0.15) is 5.75 Å². The molecule has 5 rings (SSSR count). The van der Waals surface area contributed by atoms with E-state index in [2.05, 4.69) is 10.3 Å². The summed E-state index contributed by atoms with van der Waals surface area (Å²) in [6.45, 7) is 0. The summed E-state index contributed by atoms with van der Waals surface area (Å²) in [7, 11) is 1.63. The van der Waals surface area contributed by atoms with Gasteiger partial charge in [-0.15, -0.1) is 0 Å². The molecule has 5 heteroatoms. The number of methoxy groups -OCH3 is 1. The van der Waals surface area contributed by atoms with Crippen LogP contribution in [0.15, 0.2) is 91.1 Å². The van der Waals surface area contributed by atoms with E-state index >= 15 is 0 Å². The second-order valence-corrected chi connectivity index (χ2v) is 7.17. The lowest BCUT2D eigenvalue weighted by Gasteiger charge is -2.11. The minimum Gasteiger partial charge on any atom is -0.497 e. The maximum Gasteiger partial charge on any atom is 0.256 e. The fourth-order valence-corrected chi connectivity index (χ4v) is 3.61. The molecule has 0 atom stereocenters. The van der Waals surface area contributed by atoms with Gasteiger partial charge in [-0.05, 0) is 48.5 Å². The monoisotopic (exact) mass is 405 g/mol. The van der Waals surface area contributed by atoms with Crippen molar-refractivity contribution in [3.05, 3.63) is 96.7 Å². The second-order valence-electron chi connectivity index (χ2n) is 7.17. The van der Waals surface area contributed by atoms with Crippen LogP contribution >= 0.6 is 0 Å². The van der Waals surface area contributed by atoms with Crippen molar-refractivity contribution in [3.8, 4) is 17.0 Å². The zero-order chi connectivity index (χ0) is 21.2. The summed E-state index contributed by atoms with van der Waals surface area (Å²) >= 11 is 0. The minimum atomic E-state index is -0.203. The van der Waals surface area contributed by atoms with Crippen molar-refractivity contribution < 1.29 is 9.53 Å². The molecule has 1 N–H and O–H groups in total. The number of aromatic nitrogens is 2. The van der Waals surface area contributed by atoms with Gasteiger partial charge in [-0.1, -0.05) is 36.4 Å². The number of pyridine rings is 2. The summed E-state index contributed by atoms with van der Waals surface area (Å²) in [5.41, 5.74) is 4.49. The molecule has 5 nitrogen and oxygen atoms in total. The zero-order valence-corrected chi connectivity index (χ0v) is 16.9. The third-order valence-corrected chi connectivity index (χ3v) is 5.19. The lowest BCUT2D eigenvalue weighted by Crippen LogP contribution is -2.13. The number of benzene rings is 3. The zero-order valence-electron chi connectivity index (χ0n) is 16.9. The summed E-state index contributed by atoms with van der Waals surface area (Å²) in [5, 5.41) is 4.76. The van der Waals surface area contributed by atoms with Gasteiger partial charge in [0.05, 0.1) is 41.3 Å². The van der Waals surface area contributed by atoms with Crippen LogP contribution in [0, 0.1) is 0 Å². The van der Waals surface area contributed by atoms with Gasteiger partial charge in [0, 0.05) is 16.3 Å². The number of amides is 1. The first kappa shape index (κ1) is 18.8. The van der Waals surface area contributed by atoms with E-state index in [-0.39, 0.29) is 5.91 Å². The van der Waals surface area contributed by atoms with Crippen LogP contribution in [-0.4, -0.2) is 23.0 Å². The van der Waals surface area contributed by atoms with Crippen molar-refractivity contribution in [2.24, 2.45) is 0 Å². The average Bonchev–Trinajstić information content (AvgIpc) is 2.83. The number of hydrogen-bond donors (Lipinski definition) is 1. The standard InChI is InChI=1S/C26H19N3O2/c1-31-20-12-10-17(11-13-20)25-15-22(21-7-3-5-9-24(21)29-25)26(30)28-19-14-18-6-2-4-8-23(18)27-16-19/h2-16H,1H3,(H,28,30). The number of anilines is 1. The van der Waals surface area contributed by atoms with Gasteiger partial charge in [-0.25, -0.2) is 4.98 Å². The average molecular weight is 405 g/mol. The first-order valence-corrected chi connectivity index (χ1v) is 9.91. The van der Waals surface area contributed by atoms with Crippen LogP contribution in [0.5, 0.6) is 5.75 Å². The van der Waals surface area contributed by atoms with Gasteiger partial charge in [0.2, 0.25) is 0 Å². The van der Waals surface area contributed by atoms with Crippen LogP contribution in [0.2, 0.25) is 0 Å². The van der Waals surface area contributed by atoms with E-state index in [1.54, 1.807) is 13.3 Å². The Morgan fingerprint density at radius 3 is 2.42 bits per heavy atom. The Bertz CT molecular complexity index is 1410. The number of fused-ring (bicyclic) bond motifs is 2. The molecular weight excluding hydrogens is 386 g/mol. The summed E-state index contributed by atoms with van der Waals surface area (Å²) in [6, 6.07) is 26.8. The molecule has 0 aliphatic heterocycles. The molecule has 0 saturated heterocycles. The number of nitrogens with one attached hydrogen (secondary N) is 1. The minimum absolute atomic E-state index is 0.203. The molecule has 150 valence electrons. The molecule has 0 fully saturated rings. The fourth-order valence-electron chi connectivity index (χ4n) is 3.61. The highest BCUT2D eigenvalue weighted by Crippen LogP contribution is 2.27. The number of para-hydroxylation sites is 2. The van der Waals surface area contributed by atoms with Gasteiger partial charge in [0.25, 0.3) is 5.91 Å². The highest BCUT2D eigenvalue weighted by atomic mass is 16.5. The molecule has 2 aromatic heterocycles. The largest absolute Gasteiger partial charge is 0.497 e. The smallest absolute Gasteiger partial charge is 0.256 e. The van der Waals surface area contributed by atoms with Crippen molar-refractivity contribution in [3.63, 3.8) is 0 Å². The number of carbonyl (C=O) groups excluding carboxylic acids is 1. The molecule has 0 unspecified atom stereocenters. The number of carbonyl (C=O) groups is 1. The number of rotatable bonds is 4. The van der Waals surface area contributed by atoms with Crippen LogP contribution in [0.4, 0.5) is 5.69 Å². The van der Waals surface area contributed by atoms with Gasteiger partial charge in [-0.3, -0.25) is 9.78 Å². The SMILES string of the molecule is COc1ccc(-c2cc(C(=O)Nc3cnc4ccccc4c3)c3ccccc3n2)cc1. The van der Waals surface area contributed by atoms with E-state index < -0.39 is 0 Å². The Balaban J connectivity index is 1.56. The predicted octanol–water partition coefficient (Wildman–Crippen LogP) is 5.71. The van der Waals surface area contributed by atoms with Crippen LogP contribution < -0.4 is 10.1 Å². The summed E-state index contributed by atoms with van der Waals surface area (Å²) in [6.07, 6.45) is 1.67. The maximum atomic E-state index is 13.3. The molecule has 3 aromatic carbocycles. The van der Waals surface area contributed by atoms with Crippen molar-refractivity contribution >= 4 is 33.4 Å². The number of ether oxygens (including phenoxy) is 1. The van der Waals surface area contributed by atoms with E-state index in [1.165, 1.54) is 0 Å². The Kier molecular flexibility index (Phi) is 4.77. The fraction of sp³-hybridized carbons (Fsp3) is 0.0385. The summed E-state index contributed by atoms with van der Waals surface area (Å²) < 4.78 is 5.24. The molecule has 0 spiro atoms. The van der Waals surface area contributed by atoms with Crippen LogP contribution in [0.3, 0.4) is 0 Å². The van der Waals surface area contributed by atoms with Crippen LogP contribution in [-0.2, 0) is 0 Å². The Labute approximate surface area is 179 Å². The number of hydrogen-bond acceptors (Lipinski definition) is 4. The summed E-state index contributed by atoms with van der Waals surface area (Å²) in [4.78, 5) is 22.5. The maximum absolute atomic E-state index is 13.3. The van der Waals surface area contributed by atoms with Gasteiger partial charge in [-0.2, -0.15) is 0 Å². The topological polar surface area (TPSA) is 64.1 Å². The molecule has 0 bridgehead atoms. The molecule has 2 heterocycles. The number of nitrogens with zero attached hydrogens (tertiary/aromatic N) is 2. The van der Waals surface area contributed by atoms with Crippen molar-refractivity contribution in [1.82, 2.24) is 9.97 Å². The van der Waals surface area contributed by atoms with Crippen molar-refractivity contribution in [1.29, 1.82) is 0 Å². The highest BCUT2D eigenvalue weighted by Gasteiger charge is 2.15. The van der Waals surface area contributed by atoms with Gasteiger partial charge >= 0.3 is 0 Å². The van der Waals surface area contributed by atoms with E-state index in [0.29, 0.717) is 11.3 Å². The second kappa shape index (κ2) is 7.88. The lowest BCUT2D eigenvalue weighted by atomic mass is 10.0. The van der Waals surface area contributed by atoms with E-state index in [9.17, 15) is 4.79 Å². The normalized spacial score (nSPS) is 10.9. The van der Waals surface area contributed by atoms with Gasteiger partial charge < -0.3 is 10.1 Å². The van der Waals surface area contributed by atoms with Crippen molar-refractivity contribution in [2.45, 2.75) is 0 Å². The first-order chi connectivity index (χ1) is 15.2. The third kappa shape index (κ3) is 3.69. The van der Waals surface area contributed by atoms with Crippen LogP contribution in [0.1, 0.15) is 10.4 Å². The molecule has 0 saturated carbocycles. The first-order valence-electron chi connectivity index (χ1n) is 9.91. The highest BCUT2D eigenvalue weighted by molar-refractivity contribution is 6.13. The molecule has 31 heavy (non-hydrogen) atoms. The van der Waals surface area contributed by atoms with E-state index in [1.807, 2.05) is 84.9 Å². The molecule has 5 aromatic rings. The molecule has 0 radical (unpaired) electrons. The molecule has 0 aliphatic rings. The third-order valence-electron chi connectivity index (χ3n) is 5.19. The van der Waals surface area contributed by atoms with Gasteiger partial charge in [0.15, 0.2) is 0 Å². The predicted molar refractivity (Wildman–Crippen MR) is 123 cm³/mol. The van der Waals surface area contributed by atoms with E-state index in [0.717, 1.165) is 38.8 Å².